The second-order valence-electron chi connectivity index (χ2n) is 58.9. The Bertz CT molecular complexity index is 5120. The molecule has 18 aliphatic rings. The van der Waals surface area contributed by atoms with E-state index in [1.165, 1.54) is 13.3 Å². The number of ether oxygens (including phenoxy) is 6. The molecule has 0 bridgehead atoms. The summed E-state index contributed by atoms with van der Waals surface area (Å²) in [5.41, 5.74) is -7.08. The summed E-state index contributed by atoms with van der Waals surface area (Å²) in [6.45, 7) is 64.1. The van der Waals surface area contributed by atoms with Crippen molar-refractivity contribution in [2.75, 3.05) is 4.93 Å². The minimum atomic E-state index is -2.37. The molecule has 18 fully saturated rings. The number of hydrogen-bond acceptors (Lipinski definition) is 21. The molecule has 11 N–H and O–H groups in total. The van der Waals surface area contributed by atoms with Crippen LogP contribution in [-0.2, 0) is 47.6 Å². The number of esters is 1. The molecule has 846 valence electrons. The Balaban J connectivity index is 0.000000156. The molecule has 148 heavy (non-hydrogen) atoms. The van der Waals surface area contributed by atoms with Crippen molar-refractivity contribution < 1.29 is 152 Å². The van der Waals surface area contributed by atoms with E-state index >= 15 is 0 Å². The molecule has 15 aliphatic carbocycles. The van der Waals surface area contributed by atoms with Gasteiger partial charge in [0, 0.05) is 53.3 Å². The molecule has 23 nitrogen and oxygen atoms in total. The maximum atomic E-state index is 14.1. The summed E-state index contributed by atoms with van der Waals surface area (Å²) in [5, 5.41) is 107. The van der Waals surface area contributed by atoms with Gasteiger partial charge in [0.05, 0.1) is 94.6 Å². The van der Waals surface area contributed by atoms with Crippen molar-refractivity contribution in [2.24, 2.45) is 146 Å². The van der Waals surface area contributed by atoms with Crippen LogP contribution >= 0.6 is 0 Å². The number of ketones is 3. The van der Waals surface area contributed by atoms with Gasteiger partial charge >= 0.3 is 46.1 Å². The number of fused-ring (bicyclic) bond motifs is 6. The van der Waals surface area contributed by atoms with E-state index in [0.29, 0.717) is 43.3 Å². The zero-order valence-electron chi connectivity index (χ0n) is 96.4. The first-order valence-electron chi connectivity index (χ1n) is 56.3. The number of halogens is 7. The van der Waals surface area contributed by atoms with Crippen molar-refractivity contribution >= 4 is 35.5 Å². The van der Waals surface area contributed by atoms with Gasteiger partial charge in [-0.3, -0.25) is 14.4 Å². The van der Waals surface area contributed by atoms with Crippen LogP contribution in [0, 0.1) is 181 Å². The average molecular weight is 2210 g/mol. The number of alkyl carbamates (subject to hydrolysis) is 2. The standard InChI is InChI=1S/C40H65NO8.C30H50O5.C30H48O5.C11H21NO3.C6F6.CH4I/c1-22(2)28(41-32(45)49-33(3,4)5)31(44)47-24-19-25-37(11)20-23(42)29(38(12)15-14-27(48-38)35(8,9)46)36(37,10)17-18-39(25)21-40(39)16-13-26(43)34(6,7)30(24)40;2*1-24(2)20(33)8-11-30-16-29(30)13-12-26(5)23(28(7)10-9-21(35-28)25(3,4)34)18(32)15-27(26,6)19(29)14-17(31)22(24)30;1-7(2)9(8(3)13)12-10(14)15-11(4,5)6;7-1-2(8)4(10)6(12)5(11)3(1)9;1-2/h22-25,27-30,42,46H,13-21H2,1-12H3,(H,41,45);17-23,31-34H,8-16H2,1-7H3;17-19,21-23,31-32,34H,8-16H2,1-7H3;7,9H,1-6H3,(H,12,14);;2H,1H3/q;;;;;-1/t23-,24-,25?,27-,28-,29-,30-,36+,37-,38+,39?,40+;17-,18-,19?,20-,21-,22-,23-,26+,27-,28+,29?,30+;17-,18-,19?,21-,22-,23-,26+,27-,28+,29?,30+;9-;;/m0000../s1/i;;;;;2D. The summed E-state index contributed by atoms with van der Waals surface area (Å²) in [7, 11) is 0. The molecular weight excluding hydrogens is 2020 g/mol. The third-order valence-corrected chi connectivity index (χ3v) is 45.6. The van der Waals surface area contributed by atoms with Crippen LogP contribution < -0.4 is 33.0 Å². The third kappa shape index (κ3) is 18.5. The van der Waals surface area contributed by atoms with E-state index in [2.05, 4.69) is 101 Å². The Morgan fingerprint density at radius 1 is 0.392 bits per heavy atom. The van der Waals surface area contributed by atoms with Gasteiger partial charge in [0.1, 0.15) is 34.9 Å². The molecule has 19 rings (SSSR count). The number of carbonyl (C=O) groups is 6. The number of carbonyl (C=O) groups excluding carboxylic acids is 6. The summed E-state index contributed by atoms with van der Waals surface area (Å²) in [6.07, 6.45) is 18.8. The number of nitrogens with one attached hydrogen (secondary N) is 2. The van der Waals surface area contributed by atoms with Gasteiger partial charge in [0.15, 0.2) is 5.78 Å². The van der Waals surface area contributed by atoms with E-state index in [1.54, 1.807) is 55.4 Å². The van der Waals surface area contributed by atoms with Crippen LogP contribution in [0.2, 0.25) is 0 Å². The molecule has 3 aliphatic heterocycles. The summed E-state index contributed by atoms with van der Waals surface area (Å²) in [6, 6.07) is -1.37. The van der Waals surface area contributed by atoms with Gasteiger partial charge in [0.25, 0.3) is 0 Å². The molecule has 2 amide bonds. The number of aliphatic hydroxyl groups excluding tert-OH is 6. The quantitative estimate of drug-likeness (QED) is 0.0166. The van der Waals surface area contributed by atoms with E-state index in [-0.39, 0.29) is 182 Å². The van der Waals surface area contributed by atoms with E-state index in [0.717, 1.165) is 141 Å². The van der Waals surface area contributed by atoms with Crippen LogP contribution in [0.15, 0.2) is 0 Å². The molecule has 15 saturated carbocycles. The second kappa shape index (κ2) is 38.4. The van der Waals surface area contributed by atoms with Crippen molar-refractivity contribution in [1.29, 1.82) is 0.594 Å². The Morgan fingerprint density at radius 3 is 0.980 bits per heavy atom. The molecule has 6 spiro atoms. The van der Waals surface area contributed by atoms with Crippen LogP contribution in [0.4, 0.5) is 35.9 Å². The van der Waals surface area contributed by atoms with Crippen molar-refractivity contribution in [3.05, 3.63) is 34.9 Å². The van der Waals surface area contributed by atoms with E-state index in [1.807, 2.05) is 74.2 Å². The molecule has 1 aromatic carbocycles. The topological polar surface area (TPSA) is 364 Å². The van der Waals surface area contributed by atoms with Gasteiger partial charge in [-0.2, -0.15) is 0 Å². The number of amides is 2. The van der Waals surface area contributed by atoms with Crippen molar-refractivity contribution in [3.8, 4) is 0 Å². The third-order valence-electron chi connectivity index (χ3n) is 45.6. The molecule has 3 heterocycles. The monoisotopic (exact) mass is 2210 g/mol. The Hall–Kier alpha value is -3.93. The van der Waals surface area contributed by atoms with Crippen LogP contribution in [0.3, 0.4) is 0 Å². The van der Waals surface area contributed by atoms with Gasteiger partial charge < -0.3 is 85.0 Å². The van der Waals surface area contributed by atoms with Crippen molar-refractivity contribution in [1.82, 2.24) is 10.6 Å². The van der Waals surface area contributed by atoms with Gasteiger partial charge in [-0.05, 0) is 377 Å². The predicted molar refractivity (Wildman–Crippen MR) is 545 cm³/mol. The van der Waals surface area contributed by atoms with E-state index in [4.69, 9.17) is 29.0 Å². The molecule has 36 atom stereocenters. The fourth-order valence-corrected chi connectivity index (χ4v) is 39.0. The Kier molecular flexibility index (Phi) is 30.7. The van der Waals surface area contributed by atoms with Gasteiger partial charge in [-0.1, -0.05) is 111 Å². The summed E-state index contributed by atoms with van der Waals surface area (Å²) >= 11 is -0.160. The van der Waals surface area contributed by atoms with Crippen LogP contribution in [-0.4, -0.2) is 205 Å². The summed E-state index contributed by atoms with van der Waals surface area (Å²) in [4.78, 5) is 78.0. The summed E-state index contributed by atoms with van der Waals surface area (Å²) < 4.78 is 116. The molecule has 1 aromatic rings. The summed E-state index contributed by atoms with van der Waals surface area (Å²) in [5.74, 6) is -13.4. The number of aliphatic hydroxyl groups is 9. The molecule has 0 radical (unpaired) electrons. The molecule has 30 heteroatoms. The maximum absolute atomic E-state index is 14.1. The van der Waals surface area contributed by atoms with Crippen molar-refractivity contribution in [2.45, 2.75) is 513 Å². The Labute approximate surface area is 892 Å². The van der Waals surface area contributed by atoms with Gasteiger partial charge in [-0.25, -0.2) is 40.7 Å². The van der Waals surface area contributed by atoms with Crippen LogP contribution in [0.1, 0.15) is 395 Å². The minimum absolute atomic E-state index is 0.0126. The average Bonchev–Trinajstić information content (AvgIpc) is 1.46. The zero-order valence-corrected chi connectivity index (χ0v) is 97.6. The number of benzene rings is 1. The number of hydrogen-bond donors (Lipinski definition) is 11. The van der Waals surface area contributed by atoms with Gasteiger partial charge in [0.2, 0.25) is 34.9 Å². The zero-order chi connectivity index (χ0) is 112. The fraction of sp³-hybridized carbons (Fsp3) is 0.898. The number of rotatable bonds is 13. The first-order valence-corrected chi connectivity index (χ1v) is 58.1. The molecule has 6 unspecified atom stereocenters. The molecule has 3 saturated heterocycles. The second-order valence-corrected chi connectivity index (χ2v) is 58.9. The van der Waals surface area contributed by atoms with Gasteiger partial charge in [-0.15, -0.1) is 0 Å². The SMILES string of the molecule is CC(=O)[C@@H](NC(=O)OC(C)(C)C)C(C)C.CC(C)(O)[C@@H]1CC[C@](C)([C@H]2[C@@H](O)C[C@@]3(C)C4C[C@H](O)[C@H]5C(C)(C)C(=O)CC[C@@]56CC46CC[C@]23C)O1.CC(C)(O)[C@@H]1CC[C@](C)([C@H]2[C@@H](O)C[C@@]3(C)C4C[C@H](O)[C@H]5C(C)(C)[C@@H](O)CC[C@@]56CC46CC[C@]23C)O1.CC(C)[C@H](NC(=O)OC(C)(C)C)C(=O)O[C@H]1CC2C3(CC[C@]4(C)[C@@H]([C@@]5(C)CC[C@@H](C(C)(C)O)O5)[C@@H](O)C[C@@]24C)C[C@@]32CCC(=O)C(C)(C)[C@H]12.Fc1c(F)c(F)c(F)c(F)c1F.[2H][I-]C. The number of alkyl halides is 1. The first kappa shape index (κ1) is 118. The first-order chi connectivity index (χ1) is 67.8. The molecule has 0 aromatic heterocycles. The van der Waals surface area contributed by atoms with Crippen LogP contribution in [0.5, 0.6) is 0 Å². The van der Waals surface area contributed by atoms with E-state index in [9.17, 15) is 101 Å². The normalized spacial score (nSPS) is 46.0. The fourth-order valence-electron chi connectivity index (χ4n) is 39.0. The molecular formula is C118H188F6IN2O21-. The van der Waals surface area contributed by atoms with Crippen molar-refractivity contribution in [3.63, 3.8) is 0 Å². The predicted octanol–water partition coefficient (Wildman–Crippen LogP) is 17.4. The number of Topliss-reactive ketones (excluding diaryl/α,β-unsaturated/α-hetero) is 3. The Morgan fingerprint density at radius 2 is 0.682 bits per heavy atom. The van der Waals surface area contributed by atoms with E-state index < -0.39 is 157 Å². The van der Waals surface area contributed by atoms with Crippen LogP contribution in [0.25, 0.3) is 0 Å².